The molecule has 0 saturated carbocycles. The molecular weight excluding hydrogens is 494 g/mol. The molecule has 0 spiro atoms. The Balaban J connectivity index is 1.31. The largest absolute Gasteiger partial charge is 0.495 e. The molecule has 3 aromatic carbocycles. The van der Waals surface area contributed by atoms with Crippen LogP contribution < -0.4 is 20.1 Å². The van der Waals surface area contributed by atoms with Crippen LogP contribution in [0.4, 0.5) is 16.2 Å². The van der Waals surface area contributed by atoms with Gasteiger partial charge in [-0.1, -0.05) is 42.5 Å². The van der Waals surface area contributed by atoms with E-state index in [1.54, 1.807) is 78.9 Å². The summed E-state index contributed by atoms with van der Waals surface area (Å²) in [6, 6.07) is 22.5. The van der Waals surface area contributed by atoms with Gasteiger partial charge in [-0.25, -0.2) is 0 Å². The second kappa shape index (κ2) is 11.9. The van der Waals surface area contributed by atoms with Crippen molar-refractivity contribution in [1.82, 2.24) is 4.90 Å². The summed E-state index contributed by atoms with van der Waals surface area (Å²) in [6.07, 6.45) is 1.57. The molecular formula is C27H23N3O6S. The molecule has 1 saturated heterocycles. The quantitative estimate of drug-likeness (QED) is 0.405. The maximum absolute atomic E-state index is 12.7. The van der Waals surface area contributed by atoms with Crippen molar-refractivity contribution >= 4 is 52.2 Å². The lowest BCUT2D eigenvalue weighted by atomic mass is 10.2. The smallest absolute Gasteiger partial charge is 0.294 e. The van der Waals surface area contributed by atoms with Gasteiger partial charge in [0.05, 0.1) is 17.7 Å². The number of hydrogen-bond acceptors (Lipinski definition) is 7. The van der Waals surface area contributed by atoms with Gasteiger partial charge in [0, 0.05) is 5.69 Å². The van der Waals surface area contributed by atoms with Gasteiger partial charge >= 0.3 is 0 Å². The number of nitrogens with zero attached hydrogens (tertiary/aromatic N) is 1. The lowest BCUT2D eigenvalue weighted by Gasteiger charge is -2.12. The highest BCUT2D eigenvalue weighted by Crippen LogP contribution is 2.32. The topological polar surface area (TPSA) is 114 Å². The van der Waals surface area contributed by atoms with Crippen molar-refractivity contribution < 1.29 is 28.7 Å². The standard InChI is InChI=1S/C27H23N3O6S/c1-35-22-10-6-5-9-21(22)29-25(32)17-36-20-13-11-18(12-14-20)15-23-26(33)30(27(34)37-23)16-24(31)28-19-7-3-2-4-8-19/h2-15H,16-17H2,1H3,(H,28,31)(H,29,32)/b23-15-. The molecule has 1 aliphatic rings. The zero-order valence-electron chi connectivity index (χ0n) is 19.8. The van der Waals surface area contributed by atoms with Crippen LogP contribution in [0.5, 0.6) is 11.5 Å². The maximum Gasteiger partial charge on any atom is 0.294 e. The Hall–Kier alpha value is -4.57. The normalized spacial score (nSPS) is 14.0. The number of imide groups is 1. The first-order valence-electron chi connectivity index (χ1n) is 11.2. The third-order valence-corrected chi connectivity index (χ3v) is 6.07. The first-order valence-corrected chi connectivity index (χ1v) is 12.0. The minimum absolute atomic E-state index is 0.207. The van der Waals surface area contributed by atoms with Crippen molar-refractivity contribution in [2.45, 2.75) is 0 Å². The van der Waals surface area contributed by atoms with Crippen LogP contribution in [-0.2, 0) is 14.4 Å². The fraction of sp³-hybridized carbons (Fsp3) is 0.111. The molecule has 10 heteroatoms. The van der Waals surface area contributed by atoms with E-state index in [9.17, 15) is 19.2 Å². The first kappa shape index (κ1) is 25.5. The second-order valence-corrected chi connectivity index (χ2v) is 8.78. The van der Waals surface area contributed by atoms with Crippen molar-refractivity contribution in [1.29, 1.82) is 0 Å². The summed E-state index contributed by atoms with van der Waals surface area (Å²) >= 11 is 0.771. The Kier molecular flexibility index (Phi) is 8.22. The zero-order chi connectivity index (χ0) is 26.2. The number of amides is 4. The summed E-state index contributed by atoms with van der Waals surface area (Å²) in [5, 5.41) is 4.87. The predicted octanol–water partition coefficient (Wildman–Crippen LogP) is 4.39. The van der Waals surface area contributed by atoms with Crippen molar-refractivity contribution in [3.63, 3.8) is 0 Å². The van der Waals surface area contributed by atoms with Gasteiger partial charge in [-0.15, -0.1) is 0 Å². The van der Waals surface area contributed by atoms with E-state index in [0.29, 0.717) is 28.4 Å². The molecule has 2 N–H and O–H groups in total. The molecule has 0 aromatic heterocycles. The number of thioether (sulfide) groups is 1. The van der Waals surface area contributed by atoms with E-state index >= 15 is 0 Å². The number of rotatable bonds is 9. The number of carbonyl (C=O) groups is 4. The number of hydrogen-bond donors (Lipinski definition) is 2. The fourth-order valence-electron chi connectivity index (χ4n) is 3.40. The maximum atomic E-state index is 12.7. The van der Waals surface area contributed by atoms with Crippen molar-refractivity contribution in [2.75, 3.05) is 30.9 Å². The Morgan fingerprint density at radius 3 is 2.32 bits per heavy atom. The van der Waals surface area contributed by atoms with E-state index in [1.807, 2.05) is 6.07 Å². The van der Waals surface area contributed by atoms with Crippen LogP contribution in [0.1, 0.15) is 5.56 Å². The molecule has 1 fully saturated rings. The van der Waals surface area contributed by atoms with Crippen molar-refractivity contribution in [2.24, 2.45) is 0 Å². The number of nitrogens with one attached hydrogen (secondary N) is 2. The Labute approximate surface area is 217 Å². The minimum Gasteiger partial charge on any atom is -0.495 e. The number of ether oxygens (including phenoxy) is 2. The average Bonchev–Trinajstić information content (AvgIpc) is 3.16. The molecule has 0 radical (unpaired) electrons. The number of methoxy groups -OCH3 is 1. The van der Waals surface area contributed by atoms with E-state index in [2.05, 4.69) is 10.6 Å². The average molecular weight is 518 g/mol. The minimum atomic E-state index is -0.536. The lowest BCUT2D eigenvalue weighted by Crippen LogP contribution is -2.36. The van der Waals surface area contributed by atoms with Gasteiger partial charge in [-0.05, 0) is 59.8 Å². The second-order valence-electron chi connectivity index (χ2n) is 7.79. The van der Waals surface area contributed by atoms with Gasteiger partial charge in [-0.2, -0.15) is 0 Å². The van der Waals surface area contributed by atoms with Gasteiger partial charge in [0.15, 0.2) is 6.61 Å². The van der Waals surface area contributed by atoms with Gasteiger partial charge in [0.2, 0.25) is 5.91 Å². The Morgan fingerprint density at radius 2 is 1.59 bits per heavy atom. The molecule has 1 heterocycles. The molecule has 188 valence electrons. The molecule has 0 bridgehead atoms. The number of carbonyl (C=O) groups excluding carboxylic acids is 4. The van der Waals surface area contributed by atoms with E-state index in [4.69, 9.17) is 9.47 Å². The summed E-state index contributed by atoms with van der Waals surface area (Å²) in [7, 11) is 1.52. The first-order chi connectivity index (χ1) is 17.9. The van der Waals surface area contributed by atoms with E-state index < -0.39 is 17.1 Å². The summed E-state index contributed by atoms with van der Waals surface area (Å²) in [4.78, 5) is 50.6. The van der Waals surface area contributed by atoms with Gasteiger partial charge in [-0.3, -0.25) is 24.1 Å². The van der Waals surface area contributed by atoms with E-state index in [0.717, 1.165) is 16.7 Å². The summed E-state index contributed by atoms with van der Waals surface area (Å²) < 4.78 is 10.7. The van der Waals surface area contributed by atoms with Gasteiger partial charge in [0.25, 0.3) is 17.1 Å². The number of anilines is 2. The van der Waals surface area contributed by atoms with Crippen LogP contribution in [0, 0.1) is 0 Å². The van der Waals surface area contributed by atoms with Crippen LogP contribution in [0.3, 0.4) is 0 Å². The van der Waals surface area contributed by atoms with Crippen LogP contribution in [0.25, 0.3) is 6.08 Å². The predicted molar refractivity (Wildman–Crippen MR) is 141 cm³/mol. The molecule has 1 aliphatic heterocycles. The lowest BCUT2D eigenvalue weighted by molar-refractivity contribution is -0.127. The summed E-state index contributed by atoms with van der Waals surface area (Å²) in [6.45, 7) is -0.581. The zero-order valence-corrected chi connectivity index (χ0v) is 20.6. The molecule has 0 atom stereocenters. The Bertz CT molecular complexity index is 1340. The van der Waals surface area contributed by atoms with Crippen LogP contribution >= 0.6 is 11.8 Å². The highest BCUT2D eigenvalue weighted by Gasteiger charge is 2.36. The SMILES string of the molecule is COc1ccccc1NC(=O)COc1ccc(/C=C2\SC(=O)N(CC(=O)Nc3ccccc3)C2=O)cc1. The summed E-state index contributed by atoms with van der Waals surface area (Å²) in [5.74, 6) is -0.351. The molecule has 4 rings (SSSR count). The third kappa shape index (κ3) is 6.77. The van der Waals surface area contributed by atoms with Gasteiger partial charge in [0.1, 0.15) is 18.0 Å². The summed E-state index contributed by atoms with van der Waals surface area (Å²) in [5.41, 5.74) is 1.78. The molecule has 0 unspecified atom stereocenters. The highest BCUT2D eigenvalue weighted by molar-refractivity contribution is 8.18. The fourth-order valence-corrected chi connectivity index (χ4v) is 4.23. The van der Waals surface area contributed by atoms with Gasteiger partial charge < -0.3 is 20.1 Å². The molecule has 4 amide bonds. The van der Waals surface area contributed by atoms with Crippen LogP contribution in [0.2, 0.25) is 0 Å². The van der Waals surface area contributed by atoms with E-state index in [-0.39, 0.29) is 24.0 Å². The molecule has 3 aromatic rings. The molecule has 0 aliphatic carbocycles. The van der Waals surface area contributed by atoms with Crippen molar-refractivity contribution in [3.05, 3.63) is 89.3 Å². The highest BCUT2D eigenvalue weighted by atomic mass is 32.2. The molecule has 9 nitrogen and oxygen atoms in total. The molecule has 37 heavy (non-hydrogen) atoms. The van der Waals surface area contributed by atoms with E-state index in [1.165, 1.54) is 7.11 Å². The van der Waals surface area contributed by atoms with Crippen LogP contribution in [0.15, 0.2) is 83.8 Å². The third-order valence-electron chi connectivity index (χ3n) is 5.16. The Morgan fingerprint density at radius 1 is 0.892 bits per heavy atom. The van der Waals surface area contributed by atoms with Crippen molar-refractivity contribution in [3.8, 4) is 11.5 Å². The monoisotopic (exact) mass is 517 g/mol. The number of benzene rings is 3. The van der Waals surface area contributed by atoms with Crippen LogP contribution in [-0.4, -0.2) is 48.1 Å². The number of para-hydroxylation sites is 3.